The molecule has 0 aromatic heterocycles. The number of halogens is 1. The predicted octanol–water partition coefficient (Wildman–Crippen LogP) is 3.95. The Morgan fingerprint density at radius 3 is 2.35 bits per heavy atom. The minimum Gasteiger partial charge on any atom is -0.313 e. The molecule has 2 nitrogen and oxygen atoms in total. The molecule has 0 bridgehead atoms. The van der Waals surface area contributed by atoms with Crippen molar-refractivity contribution in [1.29, 1.82) is 0 Å². The Labute approximate surface area is 123 Å². The maximum Gasteiger partial charge on any atom is 0.127 e. The van der Waals surface area contributed by atoms with Crippen LogP contribution in [0.15, 0.2) is 18.2 Å². The highest BCUT2D eigenvalue weighted by atomic mass is 19.1. The van der Waals surface area contributed by atoms with Gasteiger partial charge in [-0.05, 0) is 50.5 Å². The molecular weight excluding hydrogens is 251 g/mol. The lowest BCUT2D eigenvalue weighted by atomic mass is 10.1. The van der Waals surface area contributed by atoms with E-state index in [1.54, 1.807) is 6.07 Å². The van der Waals surface area contributed by atoms with E-state index >= 15 is 0 Å². The summed E-state index contributed by atoms with van der Waals surface area (Å²) in [4.78, 5) is 2.33. The van der Waals surface area contributed by atoms with E-state index in [9.17, 15) is 4.39 Å². The van der Waals surface area contributed by atoms with Gasteiger partial charge >= 0.3 is 0 Å². The summed E-state index contributed by atoms with van der Waals surface area (Å²) < 4.78 is 14.0. The summed E-state index contributed by atoms with van der Waals surface area (Å²) in [5, 5.41) is 3.37. The van der Waals surface area contributed by atoms with Crippen LogP contribution in [0, 0.1) is 5.82 Å². The standard InChI is InChI=1S/C17H29FN2/c1-4-9-19-13-15-7-8-17(18)16(12-15)14-20(10-5-2)11-6-3/h7-8,12,19H,4-6,9-11,13-14H2,1-3H3. The van der Waals surface area contributed by atoms with Crippen molar-refractivity contribution in [2.75, 3.05) is 19.6 Å². The first kappa shape index (κ1) is 17.1. The third-order valence-electron chi connectivity index (χ3n) is 3.34. The Balaban J connectivity index is 2.68. The van der Waals surface area contributed by atoms with Crippen LogP contribution in [-0.2, 0) is 13.1 Å². The van der Waals surface area contributed by atoms with Gasteiger partial charge in [-0.3, -0.25) is 4.90 Å². The van der Waals surface area contributed by atoms with Gasteiger partial charge in [0, 0.05) is 18.7 Å². The van der Waals surface area contributed by atoms with Crippen LogP contribution < -0.4 is 5.32 Å². The zero-order valence-electron chi connectivity index (χ0n) is 13.2. The number of nitrogens with one attached hydrogen (secondary N) is 1. The molecule has 20 heavy (non-hydrogen) atoms. The highest BCUT2D eigenvalue weighted by Crippen LogP contribution is 2.14. The SMILES string of the molecule is CCCNCc1ccc(F)c(CN(CCC)CCC)c1. The van der Waals surface area contributed by atoms with Crippen LogP contribution in [-0.4, -0.2) is 24.5 Å². The van der Waals surface area contributed by atoms with E-state index in [4.69, 9.17) is 0 Å². The fraction of sp³-hybridized carbons (Fsp3) is 0.647. The molecular formula is C17H29FN2. The lowest BCUT2D eigenvalue weighted by Gasteiger charge is -2.21. The van der Waals surface area contributed by atoms with Crippen molar-refractivity contribution in [3.8, 4) is 0 Å². The molecule has 0 saturated carbocycles. The van der Waals surface area contributed by atoms with Crippen LogP contribution in [0.4, 0.5) is 4.39 Å². The molecule has 0 heterocycles. The molecule has 114 valence electrons. The maximum absolute atomic E-state index is 14.0. The first-order valence-electron chi connectivity index (χ1n) is 7.91. The molecule has 3 heteroatoms. The molecule has 0 fully saturated rings. The van der Waals surface area contributed by atoms with Crippen molar-refractivity contribution in [2.24, 2.45) is 0 Å². The van der Waals surface area contributed by atoms with Crippen molar-refractivity contribution < 1.29 is 4.39 Å². The van der Waals surface area contributed by atoms with Crippen LogP contribution in [0.5, 0.6) is 0 Å². The Morgan fingerprint density at radius 1 is 1.05 bits per heavy atom. The van der Waals surface area contributed by atoms with E-state index in [2.05, 4.69) is 31.0 Å². The van der Waals surface area contributed by atoms with Crippen molar-refractivity contribution >= 4 is 0 Å². The van der Waals surface area contributed by atoms with Gasteiger partial charge in [-0.25, -0.2) is 4.39 Å². The number of nitrogens with zero attached hydrogens (tertiary/aromatic N) is 1. The second kappa shape index (κ2) is 9.89. The summed E-state index contributed by atoms with van der Waals surface area (Å²) in [5.74, 6) is -0.0820. The van der Waals surface area contributed by atoms with Gasteiger partial charge in [0.1, 0.15) is 5.82 Å². The lowest BCUT2D eigenvalue weighted by Crippen LogP contribution is -2.25. The number of hydrogen-bond acceptors (Lipinski definition) is 2. The molecule has 0 spiro atoms. The molecule has 0 radical (unpaired) electrons. The Morgan fingerprint density at radius 2 is 1.75 bits per heavy atom. The van der Waals surface area contributed by atoms with Crippen molar-refractivity contribution in [2.45, 2.75) is 53.1 Å². The summed E-state index contributed by atoms with van der Waals surface area (Å²) in [5.41, 5.74) is 1.99. The van der Waals surface area contributed by atoms with Crippen LogP contribution in [0.3, 0.4) is 0 Å². The van der Waals surface area contributed by atoms with E-state index in [0.717, 1.165) is 57.5 Å². The third kappa shape index (κ3) is 6.02. The maximum atomic E-state index is 14.0. The van der Waals surface area contributed by atoms with Crippen LogP contribution in [0.25, 0.3) is 0 Å². The van der Waals surface area contributed by atoms with Crippen molar-refractivity contribution in [3.63, 3.8) is 0 Å². The Kier molecular flexibility index (Phi) is 8.47. The summed E-state index contributed by atoms with van der Waals surface area (Å²) in [7, 11) is 0. The van der Waals surface area contributed by atoms with Gasteiger partial charge in [-0.1, -0.05) is 32.9 Å². The highest BCUT2D eigenvalue weighted by molar-refractivity contribution is 5.25. The van der Waals surface area contributed by atoms with Crippen LogP contribution in [0.2, 0.25) is 0 Å². The molecule has 1 N–H and O–H groups in total. The van der Waals surface area contributed by atoms with Crippen LogP contribution >= 0.6 is 0 Å². The van der Waals surface area contributed by atoms with Crippen molar-refractivity contribution in [3.05, 3.63) is 35.1 Å². The lowest BCUT2D eigenvalue weighted by molar-refractivity contribution is 0.262. The minimum atomic E-state index is -0.0820. The van der Waals surface area contributed by atoms with E-state index < -0.39 is 0 Å². The first-order chi connectivity index (χ1) is 9.71. The monoisotopic (exact) mass is 280 g/mol. The van der Waals surface area contributed by atoms with Gasteiger partial charge in [0.2, 0.25) is 0 Å². The topological polar surface area (TPSA) is 15.3 Å². The summed E-state index contributed by atoms with van der Waals surface area (Å²) in [6.07, 6.45) is 3.34. The van der Waals surface area contributed by atoms with E-state index in [0.29, 0.717) is 0 Å². The summed E-state index contributed by atoms with van der Waals surface area (Å²) in [6.45, 7) is 11.1. The zero-order chi connectivity index (χ0) is 14.8. The van der Waals surface area contributed by atoms with E-state index in [1.165, 1.54) is 5.56 Å². The smallest absolute Gasteiger partial charge is 0.127 e. The number of rotatable bonds is 10. The molecule has 1 aromatic carbocycles. The molecule has 0 unspecified atom stereocenters. The number of benzene rings is 1. The third-order valence-corrected chi connectivity index (χ3v) is 3.34. The normalized spacial score (nSPS) is 11.2. The van der Waals surface area contributed by atoms with Crippen molar-refractivity contribution in [1.82, 2.24) is 10.2 Å². The predicted molar refractivity (Wildman–Crippen MR) is 84.3 cm³/mol. The average Bonchev–Trinajstić information content (AvgIpc) is 2.43. The average molecular weight is 280 g/mol. The summed E-state index contributed by atoms with van der Waals surface area (Å²) in [6, 6.07) is 5.50. The van der Waals surface area contributed by atoms with Gasteiger partial charge in [0.25, 0.3) is 0 Å². The highest BCUT2D eigenvalue weighted by Gasteiger charge is 2.09. The molecule has 0 aliphatic heterocycles. The zero-order valence-corrected chi connectivity index (χ0v) is 13.2. The Hall–Kier alpha value is -0.930. The van der Waals surface area contributed by atoms with Gasteiger partial charge in [-0.15, -0.1) is 0 Å². The second-order valence-electron chi connectivity index (χ2n) is 5.38. The van der Waals surface area contributed by atoms with Gasteiger partial charge in [-0.2, -0.15) is 0 Å². The molecule has 0 atom stereocenters. The molecule has 0 saturated heterocycles. The molecule has 1 aromatic rings. The molecule has 0 amide bonds. The quantitative estimate of drug-likeness (QED) is 0.653. The molecule has 1 rings (SSSR count). The van der Waals surface area contributed by atoms with Gasteiger partial charge in [0.05, 0.1) is 0 Å². The molecule has 0 aliphatic carbocycles. The first-order valence-corrected chi connectivity index (χ1v) is 7.91. The largest absolute Gasteiger partial charge is 0.313 e. The minimum absolute atomic E-state index is 0.0820. The number of hydrogen-bond donors (Lipinski definition) is 1. The second-order valence-corrected chi connectivity index (χ2v) is 5.38. The van der Waals surface area contributed by atoms with Crippen LogP contribution in [0.1, 0.15) is 51.2 Å². The molecule has 0 aliphatic rings. The van der Waals surface area contributed by atoms with E-state index in [1.807, 2.05) is 12.1 Å². The Bertz CT molecular complexity index is 373. The van der Waals surface area contributed by atoms with Gasteiger partial charge in [0.15, 0.2) is 0 Å². The fourth-order valence-corrected chi connectivity index (χ4v) is 2.41. The van der Waals surface area contributed by atoms with Gasteiger partial charge < -0.3 is 5.32 Å². The van der Waals surface area contributed by atoms with E-state index in [-0.39, 0.29) is 5.82 Å². The summed E-state index contributed by atoms with van der Waals surface area (Å²) >= 11 is 0. The fourth-order valence-electron chi connectivity index (χ4n) is 2.41.